The Morgan fingerprint density at radius 1 is 1.15 bits per heavy atom. The van der Waals surface area contributed by atoms with Crippen LogP contribution >= 0.6 is 15.9 Å². The van der Waals surface area contributed by atoms with Gasteiger partial charge < -0.3 is 15.0 Å². The van der Waals surface area contributed by atoms with Crippen LogP contribution in [0.15, 0.2) is 53.1 Å². The van der Waals surface area contributed by atoms with Gasteiger partial charge in [-0.3, -0.25) is 0 Å². The van der Waals surface area contributed by atoms with E-state index in [1.165, 1.54) is 10.9 Å². The van der Waals surface area contributed by atoms with Gasteiger partial charge in [0, 0.05) is 33.8 Å². The van der Waals surface area contributed by atoms with E-state index in [2.05, 4.69) is 38.4 Å². The predicted molar refractivity (Wildman–Crippen MR) is 86.3 cm³/mol. The number of anilines is 1. The zero-order chi connectivity index (χ0) is 13.9. The molecule has 0 aliphatic carbocycles. The van der Waals surface area contributed by atoms with Gasteiger partial charge in [0.25, 0.3) is 0 Å². The van der Waals surface area contributed by atoms with Gasteiger partial charge in [0.05, 0.1) is 7.11 Å². The van der Waals surface area contributed by atoms with Crippen molar-refractivity contribution in [1.29, 1.82) is 0 Å². The fourth-order valence-corrected chi connectivity index (χ4v) is 2.56. The van der Waals surface area contributed by atoms with Crippen molar-refractivity contribution in [3.63, 3.8) is 0 Å². The van der Waals surface area contributed by atoms with Gasteiger partial charge in [-0.25, -0.2) is 0 Å². The average molecular weight is 331 g/mol. The highest BCUT2D eigenvalue weighted by atomic mass is 79.9. The van der Waals surface area contributed by atoms with Crippen molar-refractivity contribution in [2.75, 3.05) is 12.4 Å². The second kappa shape index (κ2) is 5.59. The number of nitrogens with one attached hydrogen (secondary N) is 2. The summed E-state index contributed by atoms with van der Waals surface area (Å²) in [7, 11) is 1.67. The molecule has 1 aromatic heterocycles. The molecule has 0 atom stereocenters. The normalized spacial score (nSPS) is 10.7. The van der Waals surface area contributed by atoms with E-state index in [1.54, 1.807) is 7.11 Å². The average Bonchev–Trinajstić information content (AvgIpc) is 2.88. The Morgan fingerprint density at radius 3 is 2.70 bits per heavy atom. The molecule has 0 aliphatic rings. The highest BCUT2D eigenvalue weighted by Gasteiger charge is 2.04. The fourth-order valence-electron chi connectivity index (χ4n) is 2.20. The first-order valence-electron chi connectivity index (χ1n) is 6.40. The van der Waals surface area contributed by atoms with Crippen molar-refractivity contribution in [3.8, 4) is 5.75 Å². The van der Waals surface area contributed by atoms with E-state index in [4.69, 9.17) is 4.74 Å². The van der Waals surface area contributed by atoms with Gasteiger partial charge in [-0.05, 0) is 48.0 Å². The highest BCUT2D eigenvalue weighted by molar-refractivity contribution is 9.10. The third-order valence-electron chi connectivity index (χ3n) is 3.30. The van der Waals surface area contributed by atoms with Gasteiger partial charge in [-0.15, -0.1) is 0 Å². The van der Waals surface area contributed by atoms with Crippen LogP contribution in [0.5, 0.6) is 5.75 Å². The molecule has 102 valence electrons. The molecule has 2 aromatic carbocycles. The molecule has 0 amide bonds. The van der Waals surface area contributed by atoms with Crippen molar-refractivity contribution < 1.29 is 4.74 Å². The molecule has 3 nitrogen and oxygen atoms in total. The first-order valence-corrected chi connectivity index (χ1v) is 7.19. The molecule has 1 heterocycles. The van der Waals surface area contributed by atoms with Crippen LogP contribution in [-0.2, 0) is 6.54 Å². The maximum Gasteiger partial charge on any atom is 0.119 e. The van der Waals surface area contributed by atoms with Crippen LogP contribution in [0.1, 0.15) is 5.56 Å². The van der Waals surface area contributed by atoms with Gasteiger partial charge >= 0.3 is 0 Å². The molecule has 0 saturated heterocycles. The van der Waals surface area contributed by atoms with Crippen LogP contribution in [0.2, 0.25) is 0 Å². The topological polar surface area (TPSA) is 37.0 Å². The number of fused-ring (bicyclic) bond motifs is 1. The van der Waals surface area contributed by atoms with Crippen LogP contribution < -0.4 is 10.1 Å². The molecule has 20 heavy (non-hydrogen) atoms. The van der Waals surface area contributed by atoms with E-state index in [1.807, 2.05) is 36.5 Å². The molecule has 0 unspecified atom stereocenters. The monoisotopic (exact) mass is 330 g/mol. The summed E-state index contributed by atoms with van der Waals surface area (Å²) in [4.78, 5) is 3.29. The van der Waals surface area contributed by atoms with E-state index >= 15 is 0 Å². The summed E-state index contributed by atoms with van der Waals surface area (Å²) in [6.45, 7) is 0.781. The summed E-state index contributed by atoms with van der Waals surface area (Å²) in [6.07, 6.45) is 2.05. The number of aromatic amines is 1. The Bertz CT molecular complexity index is 719. The summed E-state index contributed by atoms with van der Waals surface area (Å²) < 4.78 is 6.25. The number of aromatic nitrogens is 1. The minimum absolute atomic E-state index is 0.781. The van der Waals surface area contributed by atoms with Gasteiger partial charge in [0.2, 0.25) is 0 Å². The second-order valence-electron chi connectivity index (χ2n) is 4.59. The zero-order valence-corrected chi connectivity index (χ0v) is 12.7. The summed E-state index contributed by atoms with van der Waals surface area (Å²) >= 11 is 3.51. The van der Waals surface area contributed by atoms with E-state index in [9.17, 15) is 0 Å². The molecule has 0 radical (unpaired) electrons. The lowest BCUT2D eigenvalue weighted by molar-refractivity contribution is 0.415. The maximum atomic E-state index is 5.15. The summed E-state index contributed by atoms with van der Waals surface area (Å²) in [5, 5.41) is 4.66. The maximum absolute atomic E-state index is 5.15. The van der Waals surface area contributed by atoms with Crippen LogP contribution in [0.4, 0.5) is 5.69 Å². The third-order valence-corrected chi connectivity index (χ3v) is 3.80. The van der Waals surface area contributed by atoms with Gasteiger partial charge in [0.15, 0.2) is 0 Å². The number of benzene rings is 2. The van der Waals surface area contributed by atoms with Crippen LogP contribution in [0.3, 0.4) is 0 Å². The van der Waals surface area contributed by atoms with Crippen molar-refractivity contribution in [2.45, 2.75) is 6.54 Å². The van der Waals surface area contributed by atoms with E-state index < -0.39 is 0 Å². The largest absolute Gasteiger partial charge is 0.497 e. The minimum Gasteiger partial charge on any atom is -0.497 e. The van der Waals surface area contributed by atoms with Gasteiger partial charge in [-0.2, -0.15) is 0 Å². The van der Waals surface area contributed by atoms with Gasteiger partial charge in [0.1, 0.15) is 5.75 Å². The SMILES string of the molecule is COc1ccc(NCc2c[nH]c3ccc(Br)cc23)cc1. The summed E-state index contributed by atoms with van der Waals surface area (Å²) in [5.74, 6) is 0.867. The van der Waals surface area contributed by atoms with E-state index in [0.29, 0.717) is 0 Å². The number of hydrogen-bond acceptors (Lipinski definition) is 2. The minimum atomic E-state index is 0.781. The smallest absolute Gasteiger partial charge is 0.119 e. The highest BCUT2D eigenvalue weighted by Crippen LogP contribution is 2.24. The van der Waals surface area contributed by atoms with Crippen molar-refractivity contribution in [2.24, 2.45) is 0 Å². The molecule has 0 spiro atoms. The first-order chi connectivity index (χ1) is 9.76. The molecular formula is C16H15BrN2O. The quantitative estimate of drug-likeness (QED) is 0.736. The van der Waals surface area contributed by atoms with Crippen molar-refractivity contribution in [1.82, 2.24) is 4.98 Å². The fraction of sp³-hybridized carbons (Fsp3) is 0.125. The molecule has 3 rings (SSSR count). The van der Waals surface area contributed by atoms with E-state index in [0.717, 1.165) is 28.0 Å². The molecule has 0 aliphatic heterocycles. The third kappa shape index (κ3) is 2.65. The standard InChI is InChI=1S/C16H15BrN2O/c1-20-14-5-3-13(4-6-14)18-9-11-10-19-16-7-2-12(17)8-15(11)16/h2-8,10,18-19H,9H2,1H3. The molecule has 0 fully saturated rings. The number of methoxy groups -OCH3 is 1. The summed E-state index contributed by atoms with van der Waals surface area (Å²) in [5.41, 5.74) is 3.48. The lowest BCUT2D eigenvalue weighted by Crippen LogP contribution is -1.98. The summed E-state index contributed by atoms with van der Waals surface area (Å²) in [6, 6.07) is 14.2. The number of halogens is 1. The van der Waals surface area contributed by atoms with Gasteiger partial charge in [-0.1, -0.05) is 15.9 Å². The molecule has 3 aromatic rings. The Morgan fingerprint density at radius 2 is 1.95 bits per heavy atom. The Labute approximate surface area is 126 Å². The molecular weight excluding hydrogens is 316 g/mol. The van der Waals surface area contributed by atoms with Crippen LogP contribution in [0, 0.1) is 0 Å². The van der Waals surface area contributed by atoms with Crippen molar-refractivity contribution in [3.05, 3.63) is 58.7 Å². The van der Waals surface area contributed by atoms with Crippen LogP contribution in [0.25, 0.3) is 10.9 Å². The number of H-pyrrole nitrogens is 1. The van der Waals surface area contributed by atoms with Crippen molar-refractivity contribution >= 4 is 32.5 Å². The number of hydrogen-bond donors (Lipinski definition) is 2. The zero-order valence-electron chi connectivity index (χ0n) is 11.1. The Balaban J connectivity index is 1.77. The lowest BCUT2D eigenvalue weighted by atomic mass is 10.2. The molecule has 4 heteroatoms. The molecule has 0 saturated carbocycles. The molecule has 2 N–H and O–H groups in total. The number of rotatable bonds is 4. The first kappa shape index (κ1) is 13.1. The Kier molecular flexibility index (Phi) is 3.65. The second-order valence-corrected chi connectivity index (χ2v) is 5.50. The van der Waals surface area contributed by atoms with Crippen LogP contribution in [-0.4, -0.2) is 12.1 Å². The van der Waals surface area contributed by atoms with E-state index in [-0.39, 0.29) is 0 Å². The predicted octanol–water partition coefficient (Wildman–Crippen LogP) is 4.55. The Hall–Kier alpha value is -1.94. The number of ether oxygens (including phenoxy) is 1. The lowest BCUT2D eigenvalue weighted by Gasteiger charge is -2.07. The molecule has 0 bridgehead atoms.